The lowest BCUT2D eigenvalue weighted by atomic mass is 10.2. The SMILES string of the molecule is N=C1C(c2nc(-c3ccccc3)cs2)=C(O)CN1Cc1cccnc1. The van der Waals surface area contributed by atoms with Gasteiger partial charge >= 0.3 is 0 Å². The zero-order valence-electron chi connectivity index (χ0n) is 13.4. The highest BCUT2D eigenvalue weighted by atomic mass is 32.1. The number of aliphatic hydroxyl groups is 1. The van der Waals surface area contributed by atoms with Gasteiger partial charge in [0.15, 0.2) is 0 Å². The molecule has 0 amide bonds. The van der Waals surface area contributed by atoms with Gasteiger partial charge in [0.05, 0.1) is 17.8 Å². The molecule has 0 fully saturated rings. The van der Waals surface area contributed by atoms with Gasteiger partial charge in [-0.3, -0.25) is 10.4 Å². The van der Waals surface area contributed by atoms with Crippen LogP contribution in [0.3, 0.4) is 0 Å². The topological polar surface area (TPSA) is 73.1 Å². The van der Waals surface area contributed by atoms with Gasteiger partial charge in [0.1, 0.15) is 16.6 Å². The molecule has 0 unspecified atom stereocenters. The first-order chi connectivity index (χ1) is 12.2. The van der Waals surface area contributed by atoms with Gasteiger partial charge in [-0.25, -0.2) is 4.98 Å². The molecule has 0 aliphatic carbocycles. The number of nitrogens with one attached hydrogen (secondary N) is 1. The van der Waals surface area contributed by atoms with Crippen molar-refractivity contribution in [2.45, 2.75) is 6.54 Å². The number of amidine groups is 1. The molecule has 0 atom stereocenters. The lowest BCUT2D eigenvalue weighted by molar-refractivity contribution is 0.347. The van der Waals surface area contributed by atoms with Gasteiger partial charge in [0.2, 0.25) is 0 Å². The Morgan fingerprint density at radius 3 is 2.76 bits per heavy atom. The molecule has 0 radical (unpaired) electrons. The molecule has 1 aliphatic rings. The monoisotopic (exact) mass is 348 g/mol. The van der Waals surface area contributed by atoms with Gasteiger partial charge in [-0.15, -0.1) is 11.3 Å². The predicted octanol–water partition coefficient (Wildman–Crippen LogP) is 3.97. The lowest BCUT2D eigenvalue weighted by Gasteiger charge is -2.18. The molecule has 0 bridgehead atoms. The Kier molecular flexibility index (Phi) is 4.03. The zero-order chi connectivity index (χ0) is 17.2. The van der Waals surface area contributed by atoms with Crippen molar-refractivity contribution in [1.82, 2.24) is 14.9 Å². The van der Waals surface area contributed by atoms with E-state index in [2.05, 4.69) is 9.97 Å². The summed E-state index contributed by atoms with van der Waals surface area (Å²) in [5.41, 5.74) is 3.42. The number of aliphatic hydroxyl groups excluding tert-OH is 1. The molecule has 1 aromatic carbocycles. The second kappa shape index (κ2) is 6.49. The van der Waals surface area contributed by atoms with E-state index in [1.807, 2.05) is 52.7 Å². The first-order valence-corrected chi connectivity index (χ1v) is 8.76. The fraction of sp³-hybridized carbons (Fsp3) is 0.105. The summed E-state index contributed by atoms with van der Waals surface area (Å²) in [6.07, 6.45) is 3.50. The van der Waals surface area contributed by atoms with Crippen molar-refractivity contribution in [3.63, 3.8) is 0 Å². The largest absolute Gasteiger partial charge is 0.510 e. The highest BCUT2D eigenvalue weighted by Gasteiger charge is 2.30. The number of aromatic nitrogens is 2. The van der Waals surface area contributed by atoms with Crippen LogP contribution in [-0.4, -0.2) is 32.4 Å². The normalized spacial score (nSPS) is 14.4. The molecule has 0 spiro atoms. The third-order valence-electron chi connectivity index (χ3n) is 4.07. The Balaban J connectivity index is 1.57. The maximum absolute atomic E-state index is 10.4. The van der Waals surface area contributed by atoms with Gasteiger partial charge in [-0.2, -0.15) is 0 Å². The second-order valence-electron chi connectivity index (χ2n) is 5.79. The third kappa shape index (κ3) is 3.04. The Morgan fingerprint density at radius 1 is 1.16 bits per heavy atom. The van der Waals surface area contributed by atoms with Crippen molar-refractivity contribution < 1.29 is 5.11 Å². The molecule has 2 N–H and O–H groups in total. The Bertz CT molecular complexity index is 934. The van der Waals surface area contributed by atoms with Gasteiger partial charge in [0.25, 0.3) is 0 Å². The molecule has 0 saturated carbocycles. The molecule has 25 heavy (non-hydrogen) atoms. The summed E-state index contributed by atoms with van der Waals surface area (Å²) in [6.45, 7) is 0.862. The number of pyridine rings is 1. The molecule has 3 aromatic rings. The summed E-state index contributed by atoms with van der Waals surface area (Å²) in [6, 6.07) is 13.7. The quantitative estimate of drug-likeness (QED) is 0.748. The van der Waals surface area contributed by atoms with Crippen LogP contribution in [0.5, 0.6) is 0 Å². The van der Waals surface area contributed by atoms with Crippen molar-refractivity contribution in [3.8, 4) is 11.3 Å². The molecular weight excluding hydrogens is 332 g/mol. The number of thiazole rings is 1. The molecule has 124 valence electrons. The summed E-state index contributed by atoms with van der Waals surface area (Å²) < 4.78 is 0. The van der Waals surface area contributed by atoms with Crippen molar-refractivity contribution >= 4 is 22.7 Å². The van der Waals surface area contributed by atoms with Crippen LogP contribution in [0.4, 0.5) is 0 Å². The van der Waals surface area contributed by atoms with Crippen molar-refractivity contribution in [2.75, 3.05) is 6.54 Å². The first kappa shape index (κ1) is 15.5. The van der Waals surface area contributed by atoms with E-state index in [1.54, 1.807) is 12.4 Å². The highest BCUT2D eigenvalue weighted by molar-refractivity contribution is 7.11. The molecule has 5 nitrogen and oxygen atoms in total. The van der Waals surface area contributed by atoms with Crippen LogP contribution in [0.25, 0.3) is 16.8 Å². The van der Waals surface area contributed by atoms with Gasteiger partial charge in [-0.1, -0.05) is 36.4 Å². The minimum Gasteiger partial charge on any atom is -0.510 e. The van der Waals surface area contributed by atoms with E-state index in [-0.39, 0.29) is 5.76 Å². The maximum atomic E-state index is 10.4. The highest BCUT2D eigenvalue weighted by Crippen LogP contribution is 2.32. The van der Waals surface area contributed by atoms with Gasteiger partial charge in [-0.05, 0) is 11.6 Å². The Labute approximate surface area is 149 Å². The average Bonchev–Trinajstić information content (AvgIpc) is 3.22. The van der Waals surface area contributed by atoms with Crippen LogP contribution in [0.2, 0.25) is 0 Å². The maximum Gasteiger partial charge on any atom is 0.135 e. The standard InChI is InChI=1S/C19H16N4OS/c20-18-17(16(24)11-23(18)10-13-5-4-8-21-9-13)19-22-15(12-25-19)14-6-2-1-3-7-14/h1-9,12,20,24H,10-11H2. The molecule has 0 saturated heterocycles. The van der Waals surface area contributed by atoms with Crippen LogP contribution in [-0.2, 0) is 6.54 Å². The number of hydrogen-bond donors (Lipinski definition) is 2. The molecule has 4 rings (SSSR count). The number of hydrogen-bond acceptors (Lipinski definition) is 5. The summed E-state index contributed by atoms with van der Waals surface area (Å²) in [4.78, 5) is 10.6. The van der Waals surface area contributed by atoms with Crippen molar-refractivity contribution in [3.05, 3.63) is 76.6 Å². The van der Waals surface area contributed by atoms with Crippen LogP contribution < -0.4 is 0 Å². The fourth-order valence-electron chi connectivity index (χ4n) is 2.84. The van der Waals surface area contributed by atoms with E-state index in [9.17, 15) is 5.11 Å². The van der Waals surface area contributed by atoms with Crippen LogP contribution in [0.1, 0.15) is 10.6 Å². The predicted molar refractivity (Wildman–Crippen MR) is 99.5 cm³/mol. The third-order valence-corrected chi connectivity index (χ3v) is 4.93. The van der Waals surface area contributed by atoms with Crippen LogP contribution in [0.15, 0.2) is 66.0 Å². The van der Waals surface area contributed by atoms with Gasteiger partial charge in [0, 0.05) is 29.9 Å². The van der Waals surface area contributed by atoms with E-state index in [0.29, 0.717) is 29.5 Å². The first-order valence-electron chi connectivity index (χ1n) is 7.88. The molecule has 1 aliphatic heterocycles. The minimum absolute atomic E-state index is 0.197. The molecule has 3 heterocycles. The van der Waals surface area contributed by atoms with E-state index in [4.69, 9.17) is 5.41 Å². The number of benzene rings is 1. The zero-order valence-corrected chi connectivity index (χ0v) is 14.2. The smallest absolute Gasteiger partial charge is 0.135 e. The van der Waals surface area contributed by atoms with Crippen molar-refractivity contribution in [2.24, 2.45) is 0 Å². The average molecular weight is 348 g/mol. The molecule has 6 heteroatoms. The second-order valence-corrected chi connectivity index (χ2v) is 6.65. The van der Waals surface area contributed by atoms with Crippen LogP contribution in [0, 0.1) is 5.41 Å². The summed E-state index contributed by atoms with van der Waals surface area (Å²) >= 11 is 1.45. The minimum atomic E-state index is 0.197. The lowest BCUT2D eigenvalue weighted by Crippen LogP contribution is -2.26. The van der Waals surface area contributed by atoms with Crippen molar-refractivity contribution in [1.29, 1.82) is 5.41 Å². The van der Waals surface area contributed by atoms with E-state index in [1.165, 1.54) is 11.3 Å². The number of nitrogens with zero attached hydrogens (tertiary/aromatic N) is 3. The van der Waals surface area contributed by atoms with Crippen LogP contribution >= 0.6 is 11.3 Å². The van der Waals surface area contributed by atoms with E-state index >= 15 is 0 Å². The summed E-state index contributed by atoms with van der Waals surface area (Å²) in [5.74, 6) is 0.498. The Hall–Kier alpha value is -2.99. The Morgan fingerprint density at radius 2 is 2.00 bits per heavy atom. The molecular formula is C19H16N4OS. The summed E-state index contributed by atoms with van der Waals surface area (Å²) in [5, 5.41) is 21.5. The van der Waals surface area contributed by atoms with E-state index < -0.39 is 0 Å². The van der Waals surface area contributed by atoms with E-state index in [0.717, 1.165) is 16.8 Å². The summed E-state index contributed by atoms with van der Waals surface area (Å²) in [7, 11) is 0. The fourth-order valence-corrected chi connectivity index (χ4v) is 3.73. The van der Waals surface area contributed by atoms with Gasteiger partial charge < -0.3 is 10.0 Å². The molecule has 2 aromatic heterocycles. The number of rotatable bonds is 4.